The molecule has 0 aliphatic heterocycles. The third-order valence-electron chi connectivity index (χ3n) is 3.84. The molecule has 0 atom stereocenters. The van der Waals surface area contributed by atoms with Crippen molar-refractivity contribution in [2.45, 2.75) is 13.3 Å². The zero-order valence-electron chi connectivity index (χ0n) is 11.3. The van der Waals surface area contributed by atoms with E-state index in [0.717, 1.165) is 29.1 Å². The molecule has 1 aliphatic carbocycles. The van der Waals surface area contributed by atoms with E-state index in [1.54, 1.807) is 0 Å². The van der Waals surface area contributed by atoms with Gasteiger partial charge in [0.05, 0.1) is 17.1 Å². The second-order valence-electron chi connectivity index (χ2n) is 5.22. The molecule has 0 fully saturated rings. The van der Waals surface area contributed by atoms with Gasteiger partial charge in [-0.2, -0.15) is 0 Å². The van der Waals surface area contributed by atoms with Gasteiger partial charge in [-0.3, -0.25) is 4.98 Å². The van der Waals surface area contributed by atoms with Gasteiger partial charge in [0.25, 0.3) is 0 Å². The molecule has 3 aromatic rings. The Labute approximate surface area is 118 Å². The molecule has 2 heterocycles. The van der Waals surface area contributed by atoms with Crippen LogP contribution in [-0.4, -0.2) is 9.97 Å². The lowest BCUT2D eigenvalue weighted by Gasteiger charge is -2.08. The van der Waals surface area contributed by atoms with Gasteiger partial charge in [-0.15, -0.1) is 0 Å². The monoisotopic (exact) mass is 258 g/mol. The Morgan fingerprint density at radius 3 is 2.55 bits per heavy atom. The molecule has 2 aromatic heterocycles. The van der Waals surface area contributed by atoms with Crippen LogP contribution in [0.4, 0.5) is 0 Å². The van der Waals surface area contributed by atoms with Gasteiger partial charge in [-0.05, 0) is 29.7 Å². The molecule has 2 heteroatoms. The number of fused-ring (bicyclic) bond motifs is 3. The fourth-order valence-electron chi connectivity index (χ4n) is 2.90. The van der Waals surface area contributed by atoms with E-state index in [4.69, 9.17) is 4.98 Å². The highest BCUT2D eigenvalue weighted by Gasteiger charge is 2.22. The summed E-state index contributed by atoms with van der Waals surface area (Å²) in [5.74, 6) is 0. The SMILES string of the molecule is Cc1cc2c(nc1-c1ccccc1)-c1ncccc1C2. The first-order chi connectivity index (χ1) is 9.83. The lowest BCUT2D eigenvalue weighted by Crippen LogP contribution is -1.94. The zero-order valence-corrected chi connectivity index (χ0v) is 11.3. The normalized spacial score (nSPS) is 12.1. The van der Waals surface area contributed by atoms with Crippen molar-refractivity contribution < 1.29 is 0 Å². The van der Waals surface area contributed by atoms with Crippen molar-refractivity contribution in [1.29, 1.82) is 0 Å². The van der Waals surface area contributed by atoms with Crippen molar-refractivity contribution in [2.75, 3.05) is 0 Å². The summed E-state index contributed by atoms with van der Waals surface area (Å²) in [7, 11) is 0. The van der Waals surface area contributed by atoms with Crippen LogP contribution in [0.1, 0.15) is 16.7 Å². The summed E-state index contributed by atoms with van der Waals surface area (Å²) in [6.07, 6.45) is 2.79. The standard InChI is InChI=1S/C18H14N2/c1-12-10-15-11-14-8-5-9-19-17(14)18(15)20-16(12)13-6-3-2-4-7-13/h2-10H,11H2,1H3. The summed E-state index contributed by atoms with van der Waals surface area (Å²) < 4.78 is 0. The number of nitrogens with zero attached hydrogens (tertiary/aromatic N) is 2. The molecule has 96 valence electrons. The predicted octanol–water partition coefficient (Wildman–Crippen LogP) is 4.02. The third-order valence-corrected chi connectivity index (χ3v) is 3.84. The van der Waals surface area contributed by atoms with Crippen LogP contribution < -0.4 is 0 Å². The lowest BCUT2D eigenvalue weighted by molar-refractivity contribution is 1.20. The first-order valence-electron chi connectivity index (χ1n) is 6.83. The molecule has 0 saturated heterocycles. The number of benzene rings is 1. The average molecular weight is 258 g/mol. The summed E-state index contributed by atoms with van der Waals surface area (Å²) in [6, 6.07) is 16.7. The zero-order chi connectivity index (χ0) is 13.5. The van der Waals surface area contributed by atoms with E-state index in [2.05, 4.69) is 48.3 Å². The van der Waals surface area contributed by atoms with Crippen LogP contribution in [0.3, 0.4) is 0 Å². The van der Waals surface area contributed by atoms with Crippen molar-refractivity contribution in [1.82, 2.24) is 9.97 Å². The first-order valence-corrected chi connectivity index (χ1v) is 6.83. The number of pyridine rings is 2. The molecular weight excluding hydrogens is 244 g/mol. The second kappa shape index (κ2) is 4.27. The summed E-state index contributed by atoms with van der Waals surface area (Å²) in [4.78, 5) is 9.40. The van der Waals surface area contributed by atoms with Crippen molar-refractivity contribution in [3.63, 3.8) is 0 Å². The molecule has 1 aliphatic rings. The molecule has 0 N–H and O–H groups in total. The largest absolute Gasteiger partial charge is 0.254 e. The molecular formula is C18H14N2. The van der Waals surface area contributed by atoms with Crippen molar-refractivity contribution in [3.8, 4) is 22.6 Å². The Kier molecular flexibility index (Phi) is 2.43. The molecule has 0 saturated carbocycles. The Balaban J connectivity index is 1.94. The second-order valence-corrected chi connectivity index (χ2v) is 5.22. The van der Waals surface area contributed by atoms with E-state index >= 15 is 0 Å². The maximum atomic E-state index is 4.90. The highest BCUT2D eigenvalue weighted by Crippen LogP contribution is 2.36. The maximum absolute atomic E-state index is 4.90. The van der Waals surface area contributed by atoms with Crippen molar-refractivity contribution in [3.05, 3.63) is 71.4 Å². The summed E-state index contributed by atoms with van der Waals surface area (Å²) in [5.41, 5.74) is 8.10. The molecule has 4 rings (SSSR count). The van der Waals surface area contributed by atoms with Gasteiger partial charge >= 0.3 is 0 Å². The number of aryl methyl sites for hydroxylation is 1. The minimum absolute atomic E-state index is 0.946. The van der Waals surface area contributed by atoms with Crippen LogP contribution in [0.2, 0.25) is 0 Å². The van der Waals surface area contributed by atoms with Gasteiger partial charge in [0, 0.05) is 18.2 Å². The summed E-state index contributed by atoms with van der Waals surface area (Å²) >= 11 is 0. The highest BCUT2D eigenvalue weighted by atomic mass is 14.8. The van der Waals surface area contributed by atoms with Gasteiger partial charge < -0.3 is 0 Å². The minimum Gasteiger partial charge on any atom is -0.254 e. The van der Waals surface area contributed by atoms with Gasteiger partial charge in [-0.25, -0.2) is 4.98 Å². The van der Waals surface area contributed by atoms with Crippen LogP contribution in [0.25, 0.3) is 22.6 Å². The fraction of sp³-hybridized carbons (Fsp3) is 0.111. The van der Waals surface area contributed by atoms with E-state index in [1.807, 2.05) is 18.3 Å². The number of aromatic nitrogens is 2. The van der Waals surface area contributed by atoms with Crippen LogP contribution in [0, 0.1) is 6.92 Å². The molecule has 0 spiro atoms. The topological polar surface area (TPSA) is 25.8 Å². The summed E-state index contributed by atoms with van der Waals surface area (Å²) in [6.45, 7) is 2.13. The minimum atomic E-state index is 0.946. The van der Waals surface area contributed by atoms with Gasteiger partial charge in [0.2, 0.25) is 0 Å². The van der Waals surface area contributed by atoms with Crippen molar-refractivity contribution in [2.24, 2.45) is 0 Å². The smallest absolute Gasteiger partial charge is 0.0932 e. The van der Waals surface area contributed by atoms with Crippen LogP contribution in [-0.2, 0) is 6.42 Å². The van der Waals surface area contributed by atoms with E-state index in [9.17, 15) is 0 Å². The van der Waals surface area contributed by atoms with E-state index < -0.39 is 0 Å². The summed E-state index contributed by atoms with van der Waals surface area (Å²) in [5, 5.41) is 0. The predicted molar refractivity (Wildman–Crippen MR) is 80.4 cm³/mol. The highest BCUT2D eigenvalue weighted by molar-refractivity contribution is 5.75. The molecule has 0 unspecified atom stereocenters. The molecule has 0 amide bonds. The van der Waals surface area contributed by atoms with Gasteiger partial charge in [0.15, 0.2) is 0 Å². The molecule has 20 heavy (non-hydrogen) atoms. The molecule has 0 radical (unpaired) electrons. The van der Waals surface area contributed by atoms with Crippen molar-refractivity contribution >= 4 is 0 Å². The number of hydrogen-bond acceptors (Lipinski definition) is 2. The van der Waals surface area contributed by atoms with Crippen LogP contribution >= 0.6 is 0 Å². The average Bonchev–Trinajstić information content (AvgIpc) is 2.84. The molecule has 1 aromatic carbocycles. The van der Waals surface area contributed by atoms with E-state index in [1.165, 1.54) is 16.7 Å². The van der Waals surface area contributed by atoms with Crippen LogP contribution in [0.15, 0.2) is 54.7 Å². The van der Waals surface area contributed by atoms with E-state index in [-0.39, 0.29) is 0 Å². The Morgan fingerprint density at radius 2 is 1.70 bits per heavy atom. The molecule has 0 bridgehead atoms. The van der Waals surface area contributed by atoms with Gasteiger partial charge in [0.1, 0.15) is 0 Å². The Hall–Kier alpha value is -2.48. The Morgan fingerprint density at radius 1 is 0.850 bits per heavy atom. The van der Waals surface area contributed by atoms with Crippen LogP contribution in [0.5, 0.6) is 0 Å². The lowest BCUT2D eigenvalue weighted by atomic mass is 10.0. The fourth-order valence-corrected chi connectivity index (χ4v) is 2.90. The third kappa shape index (κ3) is 1.65. The number of rotatable bonds is 1. The molecule has 2 nitrogen and oxygen atoms in total. The first kappa shape index (κ1) is 11.4. The van der Waals surface area contributed by atoms with E-state index in [0.29, 0.717) is 0 Å². The Bertz CT molecular complexity index is 791. The van der Waals surface area contributed by atoms with Gasteiger partial charge in [-0.1, -0.05) is 42.5 Å². The number of hydrogen-bond donors (Lipinski definition) is 0. The quantitative estimate of drug-likeness (QED) is 0.515. The maximum Gasteiger partial charge on any atom is 0.0932 e.